The quantitative estimate of drug-likeness (QED) is 0.841. The minimum atomic E-state index is -0.125. The normalized spacial score (nSPS) is 10.5. The van der Waals surface area contributed by atoms with Gasteiger partial charge in [0, 0.05) is 24.7 Å². The largest absolute Gasteiger partial charge is 0.330 e. The molecule has 1 heterocycles. The molecule has 0 radical (unpaired) electrons. The fourth-order valence-electron chi connectivity index (χ4n) is 2.03. The lowest BCUT2D eigenvalue weighted by Crippen LogP contribution is -2.24. The standard InChI is InChI=1S/C15H20N4O/c1-2-13-17-14(11-15(20)18-13)19(10-6-9-16)12-7-4-3-5-8-12/h3-5,7-8,11H,2,6,9-10,16H2,1H3,(H,17,18,20). The van der Waals surface area contributed by atoms with E-state index in [4.69, 9.17) is 5.73 Å². The van der Waals surface area contributed by atoms with Crippen LogP contribution in [0.5, 0.6) is 0 Å². The molecule has 0 aliphatic rings. The summed E-state index contributed by atoms with van der Waals surface area (Å²) < 4.78 is 0. The smallest absolute Gasteiger partial charge is 0.252 e. The van der Waals surface area contributed by atoms with E-state index in [1.807, 2.05) is 42.2 Å². The summed E-state index contributed by atoms with van der Waals surface area (Å²) in [7, 11) is 0. The number of hydrogen-bond donors (Lipinski definition) is 2. The van der Waals surface area contributed by atoms with Crippen LogP contribution in [0.4, 0.5) is 11.5 Å². The van der Waals surface area contributed by atoms with Crippen molar-refractivity contribution in [1.29, 1.82) is 0 Å². The third kappa shape index (κ3) is 3.45. The molecule has 0 saturated carbocycles. The van der Waals surface area contributed by atoms with Crippen molar-refractivity contribution >= 4 is 11.5 Å². The number of aromatic nitrogens is 2. The van der Waals surface area contributed by atoms with Crippen LogP contribution in [0.2, 0.25) is 0 Å². The number of H-pyrrole nitrogens is 1. The number of hydrogen-bond acceptors (Lipinski definition) is 4. The van der Waals surface area contributed by atoms with Crippen molar-refractivity contribution in [3.8, 4) is 0 Å². The van der Waals surface area contributed by atoms with Gasteiger partial charge in [-0.15, -0.1) is 0 Å². The van der Waals surface area contributed by atoms with Gasteiger partial charge in [-0.05, 0) is 25.1 Å². The Kier molecular flexibility index (Phi) is 4.90. The topological polar surface area (TPSA) is 75.0 Å². The van der Waals surface area contributed by atoms with Gasteiger partial charge >= 0.3 is 0 Å². The first-order valence-corrected chi connectivity index (χ1v) is 6.87. The molecule has 2 rings (SSSR count). The van der Waals surface area contributed by atoms with Crippen LogP contribution in [-0.4, -0.2) is 23.1 Å². The molecule has 1 aromatic heterocycles. The van der Waals surface area contributed by atoms with Gasteiger partial charge in [0.25, 0.3) is 5.56 Å². The first kappa shape index (κ1) is 14.3. The maximum atomic E-state index is 11.7. The van der Waals surface area contributed by atoms with E-state index in [1.54, 1.807) is 0 Å². The Bertz CT molecular complexity index is 594. The van der Waals surface area contributed by atoms with E-state index in [1.165, 1.54) is 6.07 Å². The highest BCUT2D eigenvalue weighted by Crippen LogP contribution is 2.22. The summed E-state index contributed by atoms with van der Waals surface area (Å²) in [6.45, 7) is 3.31. The number of aryl methyl sites for hydroxylation is 1. The van der Waals surface area contributed by atoms with Gasteiger partial charge in [0.1, 0.15) is 11.6 Å². The van der Waals surface area contributed by atoms with E-state index in [2.05, 4.69) is 9.97 Å². The zero-order chi connectivity index (χ0) is 14.4. The summed E-state index contributed by atoms with van der Waals surface area (Å²) in [5.74, 6) is 1.37. The van der Waals surface area contributed by atoms with E-state index < -0.39 is 0 Å². The monoisotopic (exact) mass is 272 g/mol. The van der Waals surface area contributed by atoms with Gasteiger partial charge in [-0.1, -0.05) is 25.1 Å². The highest BCUT2D eigenvalue weighted by atomic mass is 16.1. The number of nitrogens with two attached hydrogens (primary N) is 1. The summed E-state index contributed by atoms with van der Waals surface area (Å²) in [5.41, 5.74) is 6.49. The summed E-state index contributed by atoms with van der Waals surface area (Å²) in [6.07, 6.45) is 1.54. The molecule has 0 spiro atoms. The number of rotatable bonds is 6. The fourth-order valence-corrected chi connectivity index (χ4v) is 2.03. The molecule has 1 aromatic carbocycles. The van der Waals surface area contributed by atoms with E-state index in [0.717, 1.165) is 18.7 Å². The molecular formula is C15H20N4O. The number of aromatic amines is 1. The molecule has 0 aliphatic heterocycles. The van der Waals surface area contributed by atoms with Crippen LogP contribution in [0.3, 0.4) is 0 Å². The van der Waals surface area contributed by atoms with E-state index in [9.17, 15) is 4.79 Å². The average Bonchev–Trinajstić information content (AvgIpc) is 2.48. The average molecular weight is 272 g/mol. The lowest BCUT2D eigenvalue weighted by Gasteiger charge is -2.23. The van der Waals surface area contributed by atoms with Crippen LogP contribution < -0.4 is 16.2 Å². The van der Waals surface area contributed by atoms with Crippen molar-refractivity contribution in [2.24, 2.45) is 5.73 Å². The number of benzene rings is 1. The van der Waals surface area contributed by atoms with Gasteiger partial charge in [0.15, 0.2) is 0 Å². The van der Waals surface area contributed by atoms with Crippen molar-refractivity contribution in [1.82, 2.24) is 9.97 Å². The summed E-state index contributed by atoms with van der Waals surface area (Å²) in [6, 6.07) is 11.4. The molecule has 0 amide bonds. The summed E-state index contributed by atoms with van der Waals surface area (Å²) >= 11 is 0. The predicted octanol–water partition coefficient (Wildman–Crippen LogP) is 1.82. The molecular weight excluding hydrogens is 252 g/mol. The van der Waals surface area contributed by atoms with Crippen molar-refractivity contribution in [2.45, 2.75) is 19.8 Å². The fraction of sp³-hybridized carbons (Fsp3) is 0.333. The Labute approximate surface area is 118 Å². The van der Waals surface area contributed by atoms with Crippen LogP contribution in [0, 0.1) is 0 Å². The second kappa shape index (κ2) is 6.86. The van der Waals surface area contributed by atoms with E-state index in [0.29, 0.717) is 24.6 Å². The third-order valence-electron chi connectivity index (χ3n) is 3.04. The molecule has 0 atom stereocenters. The molecule has 5 nitrogen and oxygen atoms in total. The SMILES string of the molecule is CCc1nc(N(CCCN)c2ccccc2)cc(=O)[nH]1. The minimum Gasteiger partial charge on any atom is -0.330 e. The van der Waals surface area contributed by atoms with Crippen LogP contribution in [-0.2, 0) is 6.42 Å². The molecule has 106 valence electrons. The van der Waals surface area contributed by atoms with Crippen molar-refractivity contribution in [3.63, 3.8) is 0 Å². The van der Waals surface area contributed by atoms with Crippen LogP contribution in [0.1, 0.15) is 19.2 Å². The Morgan fingerprint density at radius 1 is 1.30 bits per heavy atom. The van der Waals surface area contributed by atoms with Gasteiger partial charge in [-0.2, -0.15) is 0 Å². The molecule has 0 aliphatic carbocycles. The number of para-hydroxylation sites is 1. The van der Waals surface area contributed by atoms with Gasteiger partial charge in [-0.3, -0.25) is 4.79 Å². The van der Waals surface area contributed by atoms with Gasteiger partial charge < -0.3 is 15.6 Å². The van der Waals surface area contributed by atoms with Crippen molar-refractivity contribution in [3.05, 3.63) is 52.6 Å². The van der Waals surface area contributed by atoms with Crippen molar-refractivity contribution < 1.29 is 0 Å². The van der Waals surface area contributed by atoms with Crippen LogP contribution >= 0.6 is 0 Å². The number of nitrogens with one attached hydrogen (secondary N) is 1. The lowest BCUT2D eigenvalue weighted by atomic mass is 10.2. The summed E-state index contributed by atoms with van der Waals surface area (Å²) in [4.78, 5) is 21.0. The summed E-state index contributed by atoms with van der Waals surface area (Å²) in [5, 5.41) is 0. The molecule has 5 heteroatoms. The second-order valence-electron chi connectivity index (χ2n) is 4.53. The Morgan fingerprint density at radius 2 is 2.05 bits per heavy atom. The van der Waals surface area contributed by atoms with E-state index >= 15 is 0 Å². The molecule has 0 bridgehead atoms. The Balaban J connectivity index is 2.40. The molecule has 0 fully saturated rings. The molecule has 2 aromatic rings. The highest BCUT2D eigenvalue weighted by Gasteiger charge is 2.11. The first-order valence-electron chi connectivity index (χ1n) is 6.87. The Morgan fingerprint density at radius 3 is 2.70 bits per heavy atom. The highest BCUT2D eigenvalue weighted by molar-refractivity contribution is 5.59. The Hall–Kier alpha value is -2.14. The zero-order valence-corrected chi connectivity index (χ0v) is 11.7. The van der Waals surface area contributed by atoms with Crippen LogP contribution in [0.15, 0.2) is 41.2 Å². The lowest BCUT2D eigenvalue weighted by molar-refractivity contribution is 0.799. The van der Waals surface area contributed by atoms with Crippen LogP contribution in [0.25, 0.3) is 0 Å². The minimum absolute atomic E-state index is 0.125. The molecule has 3 N–H and O–H groups in total. The maximum Gasteiger partial charge on any atom is 0.252 e. The third-order valence-corrected chi connectivity index (χ3v) is 3.04. The predicted molar refractivity (Wildman–Crippen MR) is 81.4 cm³/mol. The van der Waals surface area contributed by atoms with Gasteiger partial charge in [-0.25, -0.2) is 4.98 Å². The van der Waals surface area contributed by atoms with Gasteiger partial charge in [0.05, 0.1) is 0 Å². The van der Waals surface area contributed by atoms with Crippen molar-refractivity contribution in [2.75, 3.05) is 18.0 Å². The number of nitrogens with zero attached hydrogens (tertiary/aromatic N) is 2. The van der Waals surface area contributed by atoms with E-state index in [-0.39, 0.29) is 5.56 Å². The molecule has 0 unspecified atom stereocenters. The molecule has 20 heavy (non-hydrogen) atoms. The molecule has 0 saturated heterocycles. The first-order chi connectivity index (χ1) is 9.74. The zero-order valence-electron chi connectivity index (χ0n) is 11.7. The number of anilines is 2. The maximum absolute atomic E-state index is 11.7. The van der Waals surface area contributed by atoms with Gasteiger partial charge in [0.2, 0.25) is 0 Å². The second-order valence-corrected chi connectivity index (χ2v) is 4.53.